The Labute approximate surface area is 130 Å². The minimum Gasteiger partial charge on any atom is -0.464 e. The summed E-state index contributed by atoms with van der Waals surface area (Å²) in [4.78, 5) is 28.1. The normalized spacial score (nSPS) is 20.4. The molecule has 2 atom stereocenters. The summed E-state index contributed by atoms with van der Waals surface area (Å²) in [5, 5.41) is 0. The Kier molecular flexibility index (Phi) is 5.69. The lowest BCUT2D eigenvalue weighted by Gasteiger charge is -2.15. The standard InChI is InChI=1S/C17H21NO4/c1-3-8-15(19)22-14-11-13(17(20)21-4-2)18-16(14)12-9-6-5-7-10-12/h5-7,9-10,13-14H,3-4,8,11H2,1-2H3/t13-,14+/m1/s1. The molecule has 0 aliphatic carbocycles. The number of hydrogen-bond acceptors (Lipinski definition) is 5. The van der Waals surface area contributed by atoms with Gasteiger partial charge in [0, 0.05) is 12.8 Å². The number of carbonyl (C=O) groups excluding carboxylic acids is 2. The summed E-state index contributed by atoms with van der Waals surface area (Å²) in [5.41, 5.74) is 1.51. The molecule has 0 saturated carbocycles. The fourth-order valence-corrected chi connectivity index (χ4v) is 2.40. The Bertz CT molecular complexity index is 553. The highest BCUT2D eigenvalue weighted by Crippen LogP contribution is 2.23. The molecule has 0 bridgehead atoms. The van der Waals surface area contributed by atoms with Gasteiger partial charge in [0.15, 0.2) is 6.04 Å². The van der Waals surface area contributed by atoms with Gasteiger partial charge in [0.05, 0.1) is 12.3 Å². The number of benzene rings is 1. The van der Waals surface area contributed by atoms with Gasteiger partial charge in [-0.3, -0.25) is 9.79 Å². The molecule has 1 aromatic rings. The number of nitrogens with zero attached hydrogens (tertiary/aromatic N) is 1. The van der Waals surface area contributed by atoms with Crippen LogP contribution < -0.4 is 0 Å². The van der Waals surface area contributed by atoms with Crippen molar-refractivity contribution in [2.24, 2.45) is 4.99 Å². The van der Waals surface area contributed by atoms with Crippen molar-refractivity contribution in [1.29, 1.82) is 0 Å². The quantitative estimate of drug-likeness (QED) is 0.757. The van der Waals surface area contributed by atoms with Crippen LogP contribution in [-0.4, -0.2) is 36.4 Å². The number of ether oxygens (including phenoxy) is 2. The lowest BCUT2D eigenvalue weighted by Crippen LogP contribution is -2.27. The molecule has 1 heterocycles. The lowest BCUT2D eigenvalue weighted by atomic mass is 10.0. The first kappa shape index (κ1) is 16.2. The molecule has 0 spiro atoms. The zero-order valence-corrected chi connectivity index (χ0v) is 13.0. The second kappa shape index (κ2) is 7.73. The zero-order chi connectivity index (χ0) is 15.9. The number of hydrogen-bond donors (Lipinski definition) is 0. The first-order chi connectivity index (χ1) is 10.7. The summed E-state index contributed by atoms with van der Waals surface area (Å²) >= 11 is 0. The molecule has 5 heteroatoms. The molecule has 22 heavy (non-hydrogen) atoms. The van der Waals surface area contributed by atoms with Gasteiger partial charge in [-0.15, -0.1) is 0 Å². The third kappa shape index (κ3) is 3.93. The van der Waals surface area contributed by atoms with Crippen LogP contribution in [0.5, 0.6) is 0 Å². The summed E-state index contributed by atoms with van der Waals surface area (Å²) in [6.07, 6.45) is 0.946. The second-order valence-electron chi connectivity index (χ2n) is 5.11. The van der Waals surface area contributed by atoms with Gasteiger partial charge in [-0.2, -0.15) is 0 Å². The molecular weight excluding hydrogens is 282 g/mol. The van der Waals surface area contributed by atoms with E-state index in [1.807, 2.05) is 37.3 Å². The summed E-state index contributed by atoms with van der Waals surface area (Å²) in [6.45, 7) is 3.99. The van der Waals surface area contributed by atoms with Crippen molar-refractivity contribution in [1.82, 2.24) is 0 Å². The Balaban J connectivity index is 2.19. The highest BCUT2D eigenvalue weighted by molar-refractivity contribution is 6.07. The van der Waals surface area contributed by atoms with E-state index in [4.69, 9.17) is 9.47 Å². The Morgan fingerprint density at radius 3 is 2.59 bits per heavy atom. The molecule has 0 N–H and O–H groups in total. The fourth-order valence-electron chi connectivity index (χ4n) is 2.40. The van der Waals surface area contributed by atoms with E-state index in [1.54, 1.807) is 6.92 Å². The van der Waals surface area contributed by atoms with Gasteiger partial charge in [-0.05, 0) is 18.9 Å². The Morgan fingerprint density at radius 2 is 1.95 bits per heavy atom. The van der Waals surface area contributed by atoms with Crippen LogP contribution in [0.1, 0.15) is 38.7 Å². The van der Waals surface area contributed by atoms with Crippen molar-refractivity contribution < 1.29 is 19.1 Å². The van der Waals surface area contributed by atoms with Crippen LogP contribution in [0.3, 0.4) is 0 Å². The third-order valence-corrected chi connectivity index (χ3v) is 3.39. The van der Waals surface area contributed by atoms with E-state index < -0.39 is 12.1 Å². The van der Waals surface area contributed by atoms with Crippen LogP contribution >= 0.6 is 0 Å². The molecule has 2 rings (SSSR count). The molecule has 0 unspecified atom stereocenters. The largest absolute Gasteiger partial charge is 0.464 e. The topological polar surface area (TPSA) is 65.0 Å². The van der Waals surface area contributed by atoms with Crippen molar-refractivity contribution in [3.8, 4) is 0 Å². The van der Waals surface area contributed by atoms with Crippen LogP contribution in [0, 0.1) is 0 Å². The molecule has 118 valence electrons. The second-order valence-corrected chi connectivity index (χ2v) is 5.11. The molecule has 0 saturated heterocycles. The average Bonchev–Trinajstić information content (AvgIpc) is 2.92. The lowest BCUT2D eigenvalue weighted by molar-refractivity contribution is -0.149. The summed E-state index contributed by atoms with van der Waals surface area (Å²) < 4.78 is 10.5. The average molecular weight is 303 g/mol. The van der Waals surface area contributed by atoms with E-state index in [0.29, 0.717) is 25.2 Å². The first-order valence-corrected chi connectivity index (χ1v) is 7.64. The smallest absolute Gasteiger partial charge is 0.331 e. The van der Waals surface area contributed by atoms with Crippen LogP contribution in [-0.2, 0) is 19.1 Å². The van der Waals surface area contributed by atoms with Gasteiger partial charge in [0.1, 0.15) is 6.10 Å². The molecule has 1 aliphatic heterocycles. The van der Waals surface area contributed by atoms with E-state index in [0.717, 1.165) is 12.0 Å². The van der Waals surface area contributed by atoms with Crippen molar-refractivity contribution in [2.75, 3.05) is 6.61 Å². The van der Waals surface area contributed by atoms with Gasteiger partial charge in [0.25, 0.3) is 0 Å². The molecule has 5 nitrogen and oxygen atoms in total. The maximum absolute atomic E-state index is 11.9. The molecule has 1 aromatic carbocycles. The Hall–Kier alpha value is -2.17. The molecule has 0 fully saturated rings. The van der Waals surface area contributed by atoms with Crippen molar-refractivity contribution >= 4 is 17.7 Å². The van der Waals surface area contributed by atoms with Crippen LogP contribution in [0.15, 0.2) is 35.3 Å². The van der Waals surface area contributed by atoms with Crippen LogP contribution in [0.4, 0.5) is 0 Å². The van der Waals surface area contributed by atoms with Crippen molar-refractivity contribution in [3.63, 3.8) is 0 Å². The molecule has 0 radical (unpaired) electrons. The number of aliphatic imine (C=N–C) groups is 1. The molecule has 0 aromatic heterocycles. The molecule has 1 aliphatic rings. The monoisotopic (exact) mass is 303 g/mol. The SMILES string of the molecule is CCCC(=O)O[C@H]1C[C@H](C(=O)OCC)N=C1c1ccccc1. The van der Waals surface area contributed by atoms with E-state index in [2.05, 4.69) is 4.99 Å². The molecular formula is C17H21NO4. The van der Waals surface area contributed by atoms with Crippen LogP contribution in [0.2, 0.25) is 0 Å². The highest BCUT2D eigenvalue weighted by Gasteiger charge is 2.36. The number of carbonyl (C=O) groups is 2. The predicted molar refractivity (Wildman–Crippen MR) is 82.8 cm³/mol. The number of esters is 2. The summed E-state index contributed by atoms with van der Waals surface area (Å²) in [7, 11) is 0. The van der Waals surface area contributed by atoms with E-state index in [9.17, 15) is 9.59 Å². The van der Waals surface area contributed by atoms with Crippen molar-refractivity contribution in [3.05, 3.63) is 35.9 Å². The van der Waals surface area contributed by atoms with Gasteiger partial charge in [0.2, 0.25) is 0 Å². The minimum absolute atomic E-state index is 0.263. The van der Waals surface area contributed by atoms with E-state index in [-0.39, 0.29) is 11.9 Å². The number of rotatable bonds is 6. The predicted octanol–water partition coefficient (Wildman–Crippen LogP) is 2.52. The summed E-state index contributed by atoms with van der Waals surface area (Å²) in [5.74, 6) is -0.634. The van der Waals surface area contributed by atoms with Gasteiger partial charge in [-0.1, -0.05) is 37.3 Å². The van der Waals surface area contributed by atoms with Crippen LogP contribution in [0.25, 0.3) is 0 Å². The van der Waals surface area contributed by atoms with Crippen molar-refractivity contribution in [2.45, 2.75) is 45.3 Å². The molecule has 0 amide bonds. The fraction of sp³-hybridized carbons (Fsp3) is 0.471. The van der Waals surface area contributed by atoms with Gasteiger partial charge < -0.3 is 9.47 Å². The maximum Gasteiger partial charge on any atom is 0.331 e. The van der Waals surface area contributed by atoms with E-state index in [1.165, 1.54) is 0 Å². The minimum atomic E-state index is -0.602. The van der Waals surface area contributed by atoms with E-state index >= 15 is 0 Å². The highest BCUT2D eigenvalue weighted by atomic mass is 16.5. The maximum atomic E-state index is 11.9. The zero-order valence-electron chi connectivity index (χ0n) is 13.0. The third-order valence-electron chi connectivity index (χ3n) is 3.39. The van der Waals surface area contributed by atoms with Gasteiger partial charge >= 0.3 is 11.9 Å². The van der Waals surface area contributed by atoms with Gasteiger partial charge in [-0.25, -0.2) is 4.79 Å². The first-order valence-electron chi connectivity index (χ1n) is 7.64. The summed E-state index contributed by atoms with van der Waals surface area (Å²) in [6, 6.07) is 8.87. The Morgan fingerprint density at radius 1 is 1.23 bits per heavy atom.